The minimum Gasteiger partial charge on any atom is -0.497 e. The van der Waals surface area contributed by atoms with Crippen molar-refractivity contribution in [2.24, 2.45) is 0 Å². The number of thioether (sulfide) groups is 1. The maximum Gasteiger partial charge on any atom is 0.327 e. The standard InChI is InChI=1S/C16H18N2O4S/c1-9-6-15(23-8-14(16(20)21)18-10(2)19)12-7-11(22-3)4-5-13(12)17-9/h4-7,14H,8H2,1-3H3,(H,18,19)(H,20,21)/t14-/m0/s1. The van der Waals surface area contributed by atoms with Crippen LogP contribution in [-0.2, 0) is 9.59 Å². The van der Waals surface area contributed by atoms with Crippen LogP contribution < -0.4 is 10.1 Å². The van der Waals surface area contributed by atoms with E-state index < -0.39 is 12.0 Å². The van der Waals surface area contributed by atoms with Gasteiger partial charge in [-0.15, -0.1) is 11.8 Å². The van der Waals surface area contributed by atoms with Gasteiger partial charge in [0, 0.05) is 28.7 Å². The molecule has 1 heterocycles. The molecule has 122 valence electrons. The first-order valence-corrected chi connectivity index (χ1v) is 7.97. The number of rotatable bonds is 6. The second-order valence-electron chi connectivity index (χ2n) is 5.05. The molecular formula is C16H18N2O4S. The van der Waals surface area contributed by atoms with Gasteiger partial charge in [0.25, 0.3) is 0 Å². The average molecular weight is 334 g/mol. The van der Waals surface area contributed by atoms with Gasteiger partial charge in [0.15, 0.2) is 0 Å². The third kappa shape index (κ3) is 4.35. The number of hydrogen-bond acceptors (Lipinski definition) is 5. The van der Waals surface area contributed by atoms with Crippen LogP contribution in [0.4, 0.5) is 0 Å². The zero-order valence-electron chi connectivity index (χ0n) is 13.1. The molecule has 0 bridgehead atoms. The van der Waals surface area contributed by atoms with Gasteiger partial charge in [-0.2, -0.15) is 0 Å². The van der Waals surface area contributed by atoms with Crippen LogP contribution >= 0.6 is 11.8 Å². The molecule has 1 aromatic heterocycles. The van der Waals surface area contributed by atoms with Crippen LogP contribution in [0, 0.1) is 6.92 Å². The molecule has 2 rings (SSSR count). The Balaban J connectivity index is 2.30. The summed E-state index contributed by atoms with van der Waals surface area (Å²) < 4.78 is 5.24. The summed E-state index contributed by atoms with van der Waals surface area (Å²) in [6.45, 7) is 3.19. The number of carbonyl (C=O) groups excluding carboxylic acids is 1. The highest BCUT2D eigenvalue weighted by atomic mass is 32.2. The van der Waals surface area contributed by atoms with Crippen LogP contribution in [0.2, 0.25) is 0 Å². The fourth-order valence-corrected chi connectivity index (χ4v) is 3.28. The van der Waals surface area contributed by atoms with Gasteiger partial charge in [-0.25, -0.2) is 4.79 Å². The molecule has 23 heavy (non-hydrogen) atoms. The third-order valence-electron chi connectivity index (χ3n) is 3.19. The van der Waals surface area contributed by atoms with E-state index in [0.29, 0.717) is 5.75 Å². The highest BCUT2D eigenvalue weighted by Crippen LogP contribution is 2.31. The van der Waals surface area contributed by atoms with E-state index in [9.17, 15) is 14.7 Å². The van der Waals surface area contributed by atoms with Crippen LogP contribution in [0.5, 0.6) is 5.75 Å². The number of fused-ring (bicyclic) bond motifs is 1. The number of aryl methyl sites for hydroxylation is 1. The zero-order chi connectivity index (χ0) is 17.0. The van der Waals surface area contributed by atoms with E-state index in [1.54, 1.807) is 7.11 Å². The summed E-state index contributed by atoms with van der Waals surface area (Å²) in [6, 6.07) is 6.54. The number of aromatic nitrogens is 1. The minimum atomic E-state index is -1.06. The molecule has 0 spiro atoms. The van der Waals surface area contributed by atoms with E-state index >= 15 is 0 Å². The predicted octanol–water partition coefficient (Wildman–Crippen LogP) is 2.23. The van der Waals surface area contributed by atoms with Gasteiger partial charge in [-0.1, -0.05) is 0 Å². The summed E-state index contributed by atoms with van der Waals surface area (Å²) in [5.74, 6) is -0.484. The lowest BCUT2D eigenvalue weighted by atomic mass is 10.2. The molecule has 1 amide bonds. The summed E-state index contributed by atoms with van der Waals surface area (Å²) >= 11 is 1.37. The number of hydrogen-bond donors (Lipinski definition) is 2. The van der Waals surface area contributed by atoms with Crippen molar-refractivity contribution in [2.75, 3.05) is 12.9 Å². The highest BCUT2D eigenvalue weighted by Gasteiger charge is 2.19. The molecule has 0 aliphatic heterocycles. The maximum atomic E-state index is 11.2. The largest absolute Gasteiger partial charge is 0.497 e. The number of carbonyl (C=O) groups is 2. The molecule has 6 nitrogen and oxygen atoms in total. The molecule has 1 aromatic carbocycles. The summed E-state index contributed by atoms with van der Waals surface area (Å²) in [5.41, 5.74) is 1.66. The second-order valence-corrected chi connectivity index (χ2v) is 6.11. The number of carboxylic acids is 1. The Hall–Kier alpha value is -2.28. The first-order valence-electron chi connectivity index (χ1n) is 6.99. The van der Waals surface area contributed by atoms with Crippen LogP contribution in [-0.4, -0.2) is 40.9 Å². The van der Waals surface area contributed by atoms with Crippen molar-refractivity contribution in [3.05, 3.63) is 30.0 Å². The van der Waals surface area contributed by atoms with E-state index in [-0.39, 0.29) is 11.7 Å². The molecule has 0 unspecified atom stereocenters. The molecular weight excluding hydrogens is 316 g/mol. The van der Waals surface area contributed by atoms with Crippen molar-refractivity contribution in [3.63, 3.8) is 0 Å². The number of pyridine rings is 1. The van der Waals surface area contributed by atoms with Gasteiger partial charge in [0.05, 0.1) is 12.6 Å². The fourth-order valence-electron chi connectivity index (χ4n) is 2.14. The molecule has 0 saturated heterocycles. The number of nitrogens with zero attached hydrogens (tertiary/aromatic N) is 1. The van der Waals surface area contributed by atoms with Crippen LogP contribution in [0.15, 0.2) is 29.2 Å². The van der Waals surface area contributed by atoms with Crippen molar-refractivity contribution >= 4 is 34.5 Å². The Bertz CT molecular complexity index is 748. The van der Waals surface area contributed by atoms with Gasteiger partial charge in [0.1, 0.15) is 11.8 Å². The molecule has 0 aliphatic carbocycles. The van der Waals surface area contributed by atoms with E-state index in [1.807, 2.05) is 31.2 Å². The summed E-state index contributed by atoms with van der Waals surface area (Å²) in [5, 5.41) is 12.5. The normalized spacial score (nSPS) is 12.0. The predicted molar refractivity (Wildman–Crippen MR) is 89.0 cm³/mol. The van der Waals surface area contributed by atoms with E-state index in [2.05, 4.69) is 10.3 Å². The first-order chi connectivity index (χ1) is 10.9. The molecule has 2 N–H and O–H groups in total. The monoisotopic (exact) mass is 334 g/mol. The Kier molecular flexibility index (Phi) is 5.44. The molecule has 0 radical (unpaired) electrons. The summed E-state index contributed by atoms with van der Waals surface area (Å²) in [4.78, 5) is 27.7. The Morgan fingerprint density at radius 1 is 1.39 bits per heavy atom. The van der Waals surface area contributed by atoms with Crippen LogP contribution in [0.3, 0.4) is 0 Å². The van der Waals surface area contributed by atoms with E-state index in [4.69, 9.17) is 4.74 Å². The smallest absolute Gasteiger partial charge is 0.327 e. The van der Waals surface area contributed by atoms with Crippen molar-refractivity contribution < 1.29 is 19.4 Å². The van der Waals surface area contributed by atoms with Gasteiger partial charge in [-0.3, -0.25) is 9.78 Å². The lowest BCUT2D eigenvalue weighted by molar-refractivity contribution is -0.140. The molecule has 0 fully saturated rings. The van der Waals surface area contributed by atoms with Crippen molar-refractivity contribution in [1.29, 1.82) is 0 Å². The number of aliphatic carboxylic acids is 1. The SMILES string of the molecule is COc1ccc2nc(C)cc(SC[C@H](NC(C)=O)C(=O)O)c2c1. The maximum absolute atomic E-state index is 11.2. The second kappa shape index (κ2) is 7.32. The summed E-state index contributed by atoms with van der Waals surface area (Å²) in [7, 11) is 1.59. The van der Waals surface area contributed by atoms with Gasteiger partial charge in [0.2, 0.25) is 5.91 Å². The summed E-state index contributed by atoms with van der Waals surface area (Å²) in [6.07, 6.45) is 0. The van der Waals surface area contributed by atoms with Gasteiger partial charge < -0.3 is 15.2 Å². The van der Waals surface area contributed by atoms with Crippen molar-refractivity contribution in [2.45, 2.75) is 24.8 Å². The third-order valence-corrected chi connectivity index (χ3v) is 4.34. The fraction of sp³-hybridized carbons (Fsp3) is 0.312. The Morgan fingerprint density at radius 3 is 2.74 bits per heavy atom. The lowest BCUT2D eigenvalue weighted by Crippen LogP contribution is -2.41. The number of methoxy groups -OCH3 is 1. The molecule has 2 aromatic rings. The van der Waals surface area contributed by atoms with E-state index in [1.165, 1.54) is 18.7 Å². The molecule has 1 atom stereocenters. The topological polar surface area (TPSA) is 88.5 Å². The van der Waals surface area contributed by atoms with Crippen LogP contribution in [0.1, 0.15) is 12.6 Å². The zero-order valence-corrected chi connectivity index (χ0v) is 13.9. The minimum absolute atomic E-state index is 0.227. The van der Waals surface area contributed by atoms with Gasteiger partial charge >= 0.3 is 5.97 Å². The first kappa shape index (κ1) is 17.1. The molecule has 0 aliphatic rings. The number of carboxylic acid groups (broad SMARTS) is 1. The number of amides is 1. The number of ether oxygens (including phenoxy) is 1. The molecule has 7 heteroatoms. The number of benzene rings is 1. The average Bonchev–Trinajstić information content (AvgIpc) is 2.50. The Labute approximate surface area is 138 Å². The molecule has 0 saturated carbocycles. The van der Waals surface area contributed by atoms with E-state index in [0.717, 1.165) is 21.5 Å². The number of nitrogens with one attached hydrogen (secondary N) is 1. The van der Waals surface area contributed by atoms with Crippen LogP contribution in [0.25, 0.3) is 10.9 Å². The Morgan fingerprint density at radius 2 is 2.13 bits per heavy atom. The quantitative estimate of drug-likeness (QED) is 0.788. The van der Waals surface area contributed by atoms with Crippen molar-refractivity contribution in [3.8, 4) is 5.75 Å². The van der Waals surface area contributed by atoms with Gasteiger partial charge in [-0.05, 0) is 31.2 Å². The van der Waals surface area contributed by atoms with Crippen molar-refractivity contribution in [1.82, 2.24) is 10.3 Å². The highest BCUT2D eigenvalue weighted by molar-refractivity contribution is 7.99. The lowest BCUT2D eigenvalue weighted by Gasteiger charge is -2.14.